The highest BCUT2D eigenvalue weighted by atomic mass is 16.2. The molecule has 1 aromatic rings. The molecule has 2 rings (SSSR count). The van der Waals surface area contributed by atoms with Gasteiger partial charge in [-0.2, -0.15) is 0 Å². The van der Waals surface area contributed by atoms with Crippen molar-refractivity contribution in [1.29, 1.82) is 0 Å². The number of nitrogens with one attached hydrogen (secondary N) is 1. The van der Waals surface area contributed by atoms with Crippen LogP contribution >= 0.6 is 0 Å². The molecule has 1 aliphatic heterocycles. The summed E-state index contributed by atoms with van der Waals surface area (Å²) in [5.74, 6) is 0. The third-order valence-corrected chi connectivity index (χ3v) is 3.40. The predicted molar refractivity (Wildman–Crippen MR) is 75.7 cm³/mol. The minimum absolute atomic E-state index is 0.0178. The van der Waals surface area contributed by atoms with Crippen LogP contribution in [0.25, 0.3) is 0 Å². The van der Waals surface area contributed by atoms with E-state index in [0.29, 0.717) is 12.2 Å². The lowest BCUT2D eigenvalue weighted by atomic mass is 10.1. The number of amides is 2. The number of pyridine rings is 1. The molecule has 3 N–H and O–H groups in total. The predicted octanol–water partition coefficient (Wildman–Crippen LogP) is 1.92. The highest BCUT2D eigenvalue weighted by Crippen LogP contribution is 2.18. The Bertz CT molecular complexity index is 447. The molecule has 0 aliphatic carbocycles. The molecule has 0 saturated heterocycles. The molecule has 104 valence electrons. The van der Waals surface area contributed by atoms with Gasteiger partial charge in [-0.15, -0.1) is 0 Å². The highest BCUT2D eigenvalue weighted by Gasteiger charge is 2.21. The van der Waals surface area contributed by atoms with Crippen LogP contribution in [-0.4, -0.2) is 29.0 Å². The third-order valence-electron chi connectivity index (χ3n) is 3.40. The molecule has 0 atom stereocenters. The Morgan fingerprint density at radius 3 is 3.16 bits per heavy atom. The van der Waals surface area contributed by atoms with Crippen LogP contribution < -0.4 is 11.1 Å². The van der Waals surface area contributed by atoms with Crippen molar-refractivity contribution in [2.24, 2.45) is 0 Å². The molecule has 2 amide bonds. The second kappa shape index (κ2) is 6.41. The first-order valence-electron chi connectivity index (χ1n) is 6.96. The van der Waals surface area contributed by atoms with Crippen LogP contribution in [0.3, 0.4) is 0 Å². The fourth-order valence-electron chi connectivity index (χ4n) is 2.30. The molecule has 1 aromatic heterocycles. The number of nitrogens with zero attached hydrogens (tertiary/aromatic N) is 2. The maximum atomic E-state index is 12.0. The first-order chi connectivity index (χ1) is 9.20. The molecule has 0 bridgehead atoms. The van der Waals surface area contributed by atoms with Gasteiger partial charge in [0, 0.05) is 31.7 Å². The van der Waals surface area contributed by atoms with Gasteiger partial charge in [0.15, 0.2) is 0 Å². The molecule has 2 heterocycles. The van der Waals surface area contributed by atoms with E-state index in [1.165, 1.54) is 0 Å². The first-order valence-corrected chi connectivity index (χ1v) is 6.96. The molecule has 5 heteroatoms. The Hall–Kier alpha value is -1.78. The summed E-state index contributed by atoms with van der Waals surface area (Å²) in [6.07, 6.45) is 5.85. The van der Waals surface area contributed by atoms with Crippen LogP contribution in [0.5, 0.6) is 0 Å². The van der Waals surface area contributed by atoms with E-state index in [0.717, 1.165) is 50.0 Å². The topological polar surface area (TPSA) is 71.2 Å². The maximum Gasteiger partial charge on any atom is 0.317 e. The van der Waals surface area contributed by atoms with E-state index in [4.69, 9.17) is 5.73 Å². The lowest BCUT2D eigenvalue weighted by Crippen LogP contribution is -2.43. The molecule has 19 heavy (non-hydrogen) atoms. The van der Waals surface area contributed by atoms with E-state index in [1.807, 2.05) is 11.0 Å². The highest BCUT2D eigenvalue weighted by molar-refractivity contribution is 5.74. The summed E-state index contributed by atoms with van der Waals surface area (Å²) in [4.78, 5) is 18.2. The lowest BCUT2D eigenvalue weighted by molar-refractivity contribution is 0.192. The molecule has 5 nitrogen and oxygen atoms in total. The van der Waals surface area contributed by atoms with E-state index in [1.54, 1.807) is 6.20 Å². The van der Waals surface area contributed by atoms with Gasteiger partial charge in [-0.25, -0.2) is 4.79 Å². The van der Waals surface area contributed by atoms with Gasteiger partial charge < -0.3 is 16.0 Å². The van der Waals surface area contributed by atoms with Crippen molar-refractivity contribution in [1.82, 2.24) is 15.2 Å². The van der Waals surface area contributed by atoms with Gasteiger partial charge in [-0.05, 0) is 18.1 Å². The number of unbranched alkanes of at least 4 members (excludes halogenated alkanes) is 2. The fourth-order valence-corrected chi connectivity index (χ4v) is 2.30. The standard InChI is InChI=1S/C14H22N4O/c1-2-3-4-6-16-14(19)18-7-5-13-11(10-18)8-12(15)9-17-13/h8-9H,2-7,10,15H2,1H3,(H,16,19). The molecule has 0 fully saturated rings. The van der Waals surface area contributed by atoms with Crippen LogP contribution in [0.4, 0.5) is 10.5 Å². The smallest absolute Gasteiger partial charge is 0.317 e. The monoisotopic (exact) mass is 262 g/mol. The first kappa shape index (κ1) is 13.6. The van der Waals surface area contributed by atoms with Crippen molar-refractivity contribution in [3.63, 3.8) is 0 Å². The van der Waals surface area contributed by atoms with Gasteiger partial charge in [0.1, 0.15) is 0 Å². The number of rotatable bonds is 4. The van der Waals surface area contributed by atoms with Crippen LogP contribution in [0, 0.1) is 0 Å². The normalized spacial score (nSPS) is 14.1. The van der Waals surface area contributed by atoms with Gasteiger partial charge in [-0.1, -0.05) is 19.8 Å². The number of hydrogen-bond acceptors (Lipinski definition) is 3. The summed E-state index contributed by atoms with van der Waals surface area (Å²) in [5, 5.41) is 2.97. The van der Waals surface area contributed by atoms with Crippen LogP contribution in [-0.2, 0) is 13.0 Å². The lowest BCUT2D eigenvalue weighted by Gasteiger charge is -2.28. The van der Waals surface area contributed by atoms with E-state index in [2.05, 4.69) is 17.2 Å². The van der Waals surface area contributed by atoms with E-state index in [9.17, 15) is 4.79 Å². The average molecular weight is 262 g/mol. The van der Waals surface area contributed by atoms with Crippen LogP contribution in [0.1, 0.15) is 37.4 Å². The number of nitrogens with two attached hydrogens (primary N) is 1. The molecule has 0 radical (unpaired) electrons. The number of urea groups is 1. The maximum absolute atomic E-state index is 12.0. The largest absolute Gasteiger partial charge is 0.397 e. The molecular weight excluding hydrogens is 240 g/mol. The molecule has 0 spiro atoms. The zero-order chi connectivity index (χ0) is 13.7. The van der Waals surface area contributed by atoms with E-state index in [-0.39, 0.29) is 6.03 Å². The van der Waals surface area contributed by atoms with Crippen molar-refractivity contribution in [3.8, 4) is 0 Å². The second-order valence-corrected chi connectivity index (χ2v) is 4.99. The quantitative estimate of drug-likeness (QED) is 0.814. The minimum atomic E-state index is 0.0178. The van der Waals surface area contributed by atoms with Crippen LogP contribution in [0.15, 0.2) is 12.3 Å². The molecule has 0 unspecified atom stereocenters. The van der Waals surface area contributed by atoms with Crippen molar-refractivity contribution >= 4 is 11.7 Å². The number of hydrogen-bond donors (Lipinski definition) is 2. The van der Waals surface area contributed by atoms with Gasteiger partial charge >= 0.3 is 6.03 Å². The SMILES string of the molecule is CCCCCNC(=O)N1CCc2ncc(N)cc2C1. The summed E-state index contributed by atoms with van der Waals surface area (Å²) in [7, 11) is 0. The second-order valence-electron chi connectivity index (χ2n) is 4.99. The van der Waals surface area contributed by atoms with Crippen molar-refractivity contribution < 1.29 is 4.79 Å². The van der Waals surface area contributed by atoms with Gasteiger partial charge in [-0.3, -0.25) is 4.98 Å². The number of anilines is 1. The fraction of sp³-hybridized carbons (Fsp3) is 0.571. The number of carbonyl (C=O) groups excluding carboxylic acids is 1. The summed E-state index contributed by atoms with van der Waals surface area (Å²) < 4.78 is 0. The van der Waals surface area contributed by atoms with Crippen LogP contribution in [0.2, 0.25) is 0 Å². The molecule has 1 aliphatic rings. The molecule has 0 aromatic carbocycles. The Labute approximate surface area is 114 Å². The Balaban J connectivity index is 1.88. The molecule has 0 saturated carbocycles. The minimum Gasteiger partial charge on any atom is -0.397 e. The van der Waals surface area contributed by atoms with Gasteiger partial charge in [0.2, 0.25) is 0 Å². The zero-order valence-electron chi connectivity index (χ0n) is 11.5. The number of aromatic nitrogens is 1. The number of nitrogen functional groups attached to an aromatic ring is 1. The number of carbonyl (C=O) groups is 1. The van der Waals surface area contributed by atoms with E-state index < -0.39 is 0 Å². The Morgan fingerprint density at radius 1 is 1.53 bits per heavy atom. The summed E-state index contributed by atoms with van der Waals surface area (Å²) in [5.41, 5.74) is 8.52. The summed E-state index contributed by atoms with van der Waals surface area (Å²) in [6.45, 7) is 4.24. The zero-order valence-corrected chi connectivity index (χ0v) is 11.5. The average Bonchev–Trinajstić information content (AvgIpc) is 2.42. The van der Waals surface area contributed by atoms with Crippen molar-refractivity contribution in [2.75, 3.05) is 18.8 Å². The van der Waals surface area contributed by atoms with Gasteiger partial charge in [0.25, 0.3) is 0 Å². The number of fused-ring (bicyclic) bond motifs is 1. The van der Waals surface area contributed by atoms with E-state index >= 15 is 0 Å². The summed E-state index contributed by atoms with van der Waals surface area (Å²) in [6, 6.07) is 1.93. The third kappa shape index (κ3) is 3.59. The van der Waals surface area contributed by atoms with Crippen molar-refractivity contribution in [3.05, 3.63) is 23.5 Å². The van der Waals surface area contributed by atoms with Crippen molar-refractivity contribution in [2.45, 2.75) is 39.2 Å². The summed E-state index contributed by atoms with van der Waals surface area (Å²) >= 11 is 0. The van der Waals surface area contributed by atoms with Gasteiger partial charge in [0.05, 0.1) is 11.9 Å². The Kier molecular flexibility index (Phi) is 4.60. The molecular formula is C14H22N4O. The Morgan fingerprint density at radius 2 is 2.37 bits per heavy atom.